The van der Waals surface area contributed by atoms with Crippen molar-refractivity contribution in [1.29, 1.82) is 0 Å². The summed E-state index contributed by atoms with van der Waals surface area (Å²) >= 11 is 0. The van der Waals surface area contributed by atoms with E-state index in [0.29, 0.717) is 6.04 Å². The van der Waals surface area contributed by atoms with Crippen molar-refractivity contribution in [3.8, 4) is 0 Å². The van der Waals surface area contributed by atoms with Crippen LogP contribution >= 0.6 is 0 Å². The minimum absolute atomic E-state index is 0.526. The van der Waals surface area contributed by atoms with Crippen LogP contribution in [-0.4, -0.2) is 53.4 Å². The third kappa shape index (κ3) is 5.04. The van der Waals surface area contributed by atoms with Crippen LogP contribution in [0.15, 0.2) is 17.4 Å². The van der Waals surface area contributed by atoms with E-state index in [1.54, 1.807) is 0 Å². The molecule has 0 aliphatic carbocycles. The van der Waals surface area contributed by atoms with Crippen LogP contribution in [0.25, 0.3) is 0 Å². The second-order valence-electron chi connectivity index (χ2n) is 5.71. The molecular weight excluding hydrogens is 264 g/mol. The molecule has 6 nitrogen and oxygen atoms in total. The maximum Gasteiger partial charge on any atom is 0.191 e. The molecule has 0 spiro atoms. The number of hydrogen-bond donors (Lipinski definition) is 2. The van der Waals surface area contributed by atoms with Gasteiger partial charge < -0.3 is 15.5 Å². The van der Waals surface area contributed by atoms with E-state index in [0.717, 1.165) is 12.5 Å². The third-order valence-corrected chi connectivity index (χ3v) is 3.91. The summed E-state index contributed by atoms with van der Waals surface area (Å²) in [6, 6.07) is 0.526. The van der Waals surface area contributed by atoms with Crippen LogP contribution in [0.4, 0.5) is 0 Å². The van der Waals surface area contributed by atoms with Crippen molar-refractivity contribution < 1.29 is 0 Å². The molecule has 2 rings (SSSR count). The Labute approximate surface area is 127 Å². The van der Waals surface area contributed by atoms with Crippen LogP contribution in [0.1, 0.15) is 31.7 Å². The van der Waals surface area contributed by atoms with E-state index in [-0.39, 0.29) is 0 Å². The number of guanidine groups is 1. The summed E-state index contributed by atoms with van der Waals surface area (Å²) < 4.78 is 1.82. The topological polar surface area (TPSA) is 57.5 Å². The molecule has 1 aliphatic heterocycles. The highest BCUT2D eigenvalue weighted by molar-refractivity contribution is 5.79. The predicted octanol–water partition coefficient (Wildman–Crippen LogP) is 0.960. The van der Waals surface area contributed by atoms with Gasteiger partial charge in [0, 0.05) is 51.5 Å². The summed E-state index contributed by atoms with van der Waals surface area (Å²) in [5, 5.41) is 11.1. The number of piperidine rings is 1. The number of rotatable bonds is 5. The van der Waals surface area contributed by atoms with Gasteiger partial charge in [-0.2, -0.15) is 5.10 Å². The Bertz CT molecular complexity index is 445. The first-order valence-corrected chi connectivity index (χ1v) is 7.88. The van der Waals surface area contributed by atoms with Crippen molar-refractivity contribution in [2.24, 2.45) is 12.0 Å². The van der Waals surface area contributed by atoms with E-state index < -0.39 is 0 Å². The maximum absolute atomic E-state index is 4.31. The van der Waals surface area contributed by atoms with E-state index in [1.165, 1.54) is 44.5 Å². The lowest BCUT2D eigenvalue weighted by Gasteiger charge is -2.32. The van der Waals surface area contributed by atoms with Gasteiger partial charge in [-0.3, -0.25) is 9.67 Å². The standard InChI is InChI=1S/C15H28N6/c1-4-7-21-8-5-14(6-9-21)19-15(16-2)17-10-13-11-18-20(3)12-13/h11-12,14H,4-10H2,1-3H3,(H2,16,17,19). The normalized spacial score (nSPS) is 18.0. The summed E-state index contributed by atoms with van der Waals surface area (Å²) in [6.07, 6.45) is 7.51. The fraction of sp³-hybridized carbons (Fsp3) is 0.733. The highest BCUT2D eigenvalue weighted by Gasteiger charge is 2.19. The van der Waals surface area contributed by atoms with Gasteiger partial charge in [0.2, 0.25) is 0 Å². The Morgan fingerprint density at radius 1 is 1.43 bits per heavy atom. The SMILES string of the molecule is CCCN1CCC(NC(=NC)NCc2cnn(C)c2)CC1. The van der Waals surface area contributed by atoms with Gasteiger partial charge in [-0.05, 0) is 25.8 Å². The quantitative estimate of drug-likeness (QED) is 0.627. The zero-order valence-corrected chi connectivity index (χ0v) is 13.5. The summed E-state index contributed by atoms with van der Waals surface area (Å²) in [6.45, 7) is 6.59. The van der Waals surface area contributed by atoms with E-state index in [9.17, 15) is 0 Å². The van der Waals surface area contributed by atoms with Crippen molar-refractivity contribution in [3.05, 3.63) is 18.0 Å². The molecule has 21 heavy (non-hydrogen) atoms. The molecule has 1 aromatic heterocycles. The van der Waals surface area contributed by atoms with Crippen LogP contribution in [0, 0.1) is 0 Å². The van der Waals surface area contributed by atoms with Gasteiger partial charge in [0.15, 0.2) is 5.96 Å². The van der Waals surface area contributed by atoms with Crippen LogP contribution < -0.4 is 10.6 Å². The Kier molecular flexibility index (Phi) is 6.04. The molecule has 118 valence electrons. The van der Waals surface area contributed by atoms with Crippen LogP contribution in [0.2, 0.25) is 0 Å². The fourth-order valence-electron chi connectivity index (χ4n) is 2.75. The van der Waals surface area contributed by atoms with Gasteiger partial charge in [-0.15, -0.1) is 0 Å². The first-order chi connectivity index (χ1) is 10.2. The van der Waals surface area contributed by atoms with Crippen LogP contribution in [0.5, 0.6) is 0 Å². The van der Waals surface area contributed by atoms with Gasteiger partial charge in [0.1, 0.15) is 0 Å². The smallest absolute Gasteiger partial charge is 0.191 e. The molecule has 1 aliphatic rings. The summed E-state index contributed by atoms with van der Waals surface area (Å²) in [5.41, 5.74) is 1.17. The molecule has 1 aromatic rings. The Hall–Kier alpha value is -1.56. The lowest BCUT2D eigenvalue weighted by Crippen LogP contribution is -2.48. The Balaban J connectivity index is 1.73. The van der Waals surface area contributed by atoms with Gasteiger partial charge in [0.25, 0.3) is 0 Å². The largest absolute Gasteiger partial charge is 0.354 e. The summed E-state index contributed by atoms with van der Waals surface area (Å²) in [5.74, 6) is 0.882. The monoisotopic (exact) mass is 292 g/mol. The molecule has 0 aromatic carbocycles. The van der Waals surface area contributed by atoms with E-state index in [1.807, 2.05) is 31.2 Å². The number of aryl methyl sites for hydroxylation is 1. The molecule has 1 fully saturated rings. The number of likely N-dealkylation sites (tertiary alicyclic amines) is 1. The number of hydrogen-bond acceptors (Lipinski definition) is 3. The van der Waals surface area contributed by atoms with Crippen molar-refractivity contribution in [1.82, 2.24) is 25.3 Å². The van der Waals surface area contributed by atoms with E-state index in [4.69, 9.17) is 0 Å². The second kappa shape index (κ2) is 8.02. The van der Waals surface area contributed by atoms with E-state index >= 15 is 0 Å². The lowest BCUT2D eigenvalue weighted by molar-refractivity contribution is 0.206. The molecule has 2 heterocycles. The fourth-order valence-corrected chi connectivity index (χ4v) is 2.75. The highest BCUT2D eigenvalue weighted by atomic mass is 15.2. The van der Waals surface area contributed by atoms with Crippen molar-refractivity contribution >= 4 is 5.96 Å². The molecule has 6 heteroatoms. The van der Waals surface area contributed by atoms with Crippen LogP contribution in [0.3, 0.4) is 0 Å². The maximum atomic E-state index is 4.31. The molecule has 0 amide bonds. The molecule has 0 saturated carbocycles. The zero-order chi connectivity index (χ0) is 15.1. The molecule has 1 saturated heterocycles. The van der Waals surface area contributed by atoms with Crippen LogP contribution in [-0.2, 0) is 13.6 Å². The van der Waals surface area contributed by atoms with Gasteiger partial charge >= 0.3 is 0 Å². The van der Waals surface area contributed by atoms with Crippen molar-refractivity contribution in [3.63, 3.8) is 0 Å². The number of nitrogens with zero attached hydrogens (tertiary/aromatic N) is 4. The average molecular weight is 292 g/mol. The van der Waals surface area contributed by atoms with Crippen molar-refractivity contribution in [2.75, 3.05) is 26.7 Å². The molecular formula is C15H28N6. The minimum Gasteiger partial charge on any atom is -0.354 e. The van der Waals surface area contributed by atoms with Gasteiger partial charge in [-0.25, -0.2) is 0 Å². The Morgan fingerprint density at radius 3 is 2.76 bits per heavy atom. The zero-order valence-electron chi connectivity index (χ0n) is 13.5. The lowest BCUT2D eigenvalue weighted by atomic mass is 10.1. The third-order valence-electron chi connectivity index (χ3n) is 3.91. The molecule has 0 atom stereocenters. The predicted molar refractivity (Wildman–Crippen MR) is 86.3 cm³/mol. The molecule has 2 N–H and O–H groups in total. The Morgan fingerprint density at radius 2 is 2.19 bits per heavy atom. The minimum atomic E-state index is 0.526. The number of aromatic nitrogens is 2. The van der Waals surface area contributed by atoms with Crippen molar-refractivity contribution in [2.45, 2.75) is 38.8 Å². The molecule has 0 radical (unpaired) electrons. The first kappa shape index (κ1) is 15.8. The van der Waals surface area contributed by atoms with Gasteiger partial charge in [-0.1, -0.05) is 6.92 Å². The highest BCUT2D eigenvalue weighted by Crippen LogP contribution is 2.10. The first-order valence-electron chi connectivity index (χ1n) is 7.88. The van der Waals surface area contributed by atoms with Gasteiger partial charge in [0.05, 0.1) is 6.20 Å². The average Bonchev–Trinajstić information content (AvgIpc) is 2.91. The molecule has 0 bridgehead atoms. The van der Waals surface area contributed by atoms with E-state index in [2.05, 4.69) is 32.5 Å². The summed E-state index contributed by atoms with van der Waals surface area (Å²) in [4.78, 5) is 6.86. The second-order valence-corrected chi connectivity index (χ2v) is 5.71. The number of aliphatic imine (C=N–C) groups is 1. The molecule has 0 unspecified atom stereocenters. The summed E-state index contributed by atoms with van der Waals surface area (Å²) in [7, 11) is 3.76. The number of nitrogens with one attached hydrogen (secondary N) is 2.